The van der Waals surface area contributed by atoms with Gasteiger partial charge in [-0.15, -0.1) is 10.2 Å². The fourth-order valence-corrected chi connectivity index (χ4v) is 4.69. The highest BCUT2D eigenvalue weighted by molar-refractivity contribution is 7.99. The Balaban J connectivity index is 1.48. The Morgan fingerprint density at radius 3 is 2.71 bits per heavy atom. The van der Waals surface area contributed by atoms with Gasteiger partial charge in [-0.25, -0.2) is 0 Å². The molecule has 4 rings (SSSR count). The van der Waals surface area contributed by atoms with Crippen LogP contribution in [0.3, 0.4) is 0 Å². The maximum absolute atomic E-state index is 13.1. The summed E-state index contributed by atoms with van der Waals surface area (Å²) < 4.78 is 12.8. The molecule has 3 heterocycles. The van der Waals surface area contributed by atoms with E-state index in [-0.39, 0.29) is 11.9 Å². The lowest BCUT2D eigenvalue weighted by atomic mass is 10.0. The van der Waals surface area contributed by atoms with Crippen LogP contribution in [0.5, 0.6) is 11.5 Å². The van der Waals surface area contributed by atoms with Gasteiger partial charge in [-0.2, -0.15) is 0 Å². The van der Waals surface area contributed by atoms with Crippen molar-refractivity contribution in [1.29, 1.82) is 0 Å². The van der Waals surface area contributed by atoms with E-state index in [1.807, 2.05) is 46.8 Å². The summed E-state index contributed by atoms with van der Waals surface area (Å²) in [5, 5.41) is 9.24. The number of hydrogen-bond acceptors (Lipinski definition) is 7. The summed E-state index contributed by atoms with van der Waals surface area (Å²) in [5.74, 6) is 2.65. The van der Waals surface area contributed by atoms with Crippen LogP contribution >= 0.6 is 11.8 Å². The molecule has 1 aliphatic rings. The first-order valence-electron chi connectivity index (χ1n) is 10.1. The van der Waals surface area contributed by atoms with Gasteiger partial charge in [0.25, 0.3) is 0 Å². The number of carbonyl (C=O) groups is 1. The van der Waals surface area contributed by atoms with Gasteiger partial charge in [-0.3, -0.25) is 9.78 Å². The van der Waals surface area contributed by atoms with Crippen LogP contribution in [-0.4, -0.2) is 57.1 Å². The van der Waals surface area contributed by atoms with Crippen LogP contribution in [0, 0.1) is 0 Å². The fraction of sp³-hybridized carbons (Fsp3) is 0.364. The predicted octanol–water partition coefficient (Wildman–Crippen LogP) is 3.35. The Bertz CT molecular complexity index is 1060. The van der Waals surface area contributed by atoms with E-state index >= 15 is 0 Å². The maximum Gasteiger partial charge on any atom is 0.233 e. The summed E-state index contributed by atoms with van der Waals surface area (Å²) in [7, 11) is 5.19. The molecule has 1 atom stereocenters. The molecule has 2 aromatic heterocycles. The van der Waals surface area contributed by atoms with E-state index in [1.165, 1.54) is 11.8 Å². The summed E-state index contributed by atoms with van der Waals surface area (Å²) in [5.41, 5.74) is 1.92. The van der Waals surface area contributed by atoms with Gasteiger partial charge in [0.05, 0.1) is 26.0 Å². The van der Waals surface area contributed by atoms with Gasteiger partial charge < -0.3 is 18.9 Å². The molecule has 1 amide bonds. The number of ether oxygens (including phenoxy) is 2. The summed E-state index contributed by atoms with van der Waals surface area (Å²) in [6.07, 6.45) is 5.30. The van der Waals surface area contributed by atoms with E-state index < -0.39 is 0 Å². The Labute approximate surface area is 185 Å². The summed E-state index contributed by atoms with van der Waals surface area (Å²) >= 11 is 1.40. The summed E-state index contributed by atoms with van der Waals surface area (Å²) in [6.45, 7) is 0.728. The van der Waals surface area contributed by atoms with E-state index in [1.54, 1.807) is 26.6 Å². The molecule has 0 spiro atoms. The molecule has 1 aromatic carbocycles. The lowest BCUT2D eigenvalue weighted by Gasteiger charge is -2.26. The van der Waals surface area contributed by atoms with Gasteiger partial charge in [-0.05, 0) is 43.2 Å². The normalized spacial score (nSPS) is 15.8. The number of benzene rings is 1. The number of rotatable bonds is 7. The molecule has 1 saturated heterocycles. The van der Waals surface area contributed by atoms with Crippen molar-refractivity contribution in [2.24, 2.45) is 7.05 Å². The summed E-state index contributed by atoms with van der Waals surface area (Å²) in [6, 6.07) is 9.48. The van der Waals surface area contributed by atoms with Crippen molar-refractivity contribution in [3.05, 3.63) is 48.3 Å². The first kappa shape index (κ1) is 21.2. The first-order chi connectivity index (χ1) is 15.1. The third kappa shape index (κ3) is 4.36. The van der Waals surface area contributed by atoms with Crippen molar-refractivity contribution in [2.75, 3.05) is 26.5 Å². The highest BCUT2D eigenvalue weighted by Crippen LogP contribution is 2.39. The molecular formula is C22H25N5O3S. The van der Waals surface area contributed by atoms with Crippen LogP contribution in [0.1, 0.15) is 24.4 Å². The SMILES string of the molecule is COc1ccc(OC)c([C@@H]2CCCN2C(=O)CSc2nnc(-c3ccncc3)n2C)c1. The fourth-order valence-electron chi connectivity index (χ4n) is 3.89. The Morgan fingerprint density at radius 2 is 1.97 bits per heavy atom. The van der Waals surface area contributed by atoms with Gasteiger partial charge in [0.1, 0.15) is 11.5 Å². The number of nitrogens with zero attached hydrogens (tertiary/aromatic N) is 5. The number of hydrogen-bond donors (Lipinski definition) is 0. The molecule has 0 N–H and O–H groups in total. The smallest absolute Gasteiger partial charge is 0.233 e. The number of carbonyl (C=O) groups excluding carboxylic acids is 1. The molecule has 31 heavy (non-hydrogen) atoms. The van der Waals surface area contributed by atoms with E-state index in [4.69, 9.17) is 9.47 Å². The third-order valence-corrected chi connectivity index (χ3v) is 6.47. The quantitative estimate of drug-likeness (QED) is 0.522. The Morgan fingerprint density at radius 1 is 1.16 bits per heavy atom. The molecule has 0 bridgehead atoms. The zero-order chi connectivity index (χ0) is 21.8. The van der Waals surface area contributed by atoms with Gasteiger partial charge in [0.15, 0.2) is 11.0 Å². The second-order valence-corrected chi connectivity index (χ2v) is 8.19. The molecular weight excluding hydrogens is 414 g/mol. The van der Waals surface area contributed by atoms with E-state index in [0.29, 0.717) is 10.9 Å². The molecule has 162 valence electrons. The highest BCUT2D eigenvalue weighted by atomic mass is 32.2. The average Bonchev–Trinajstić information content (AvgIpc) is 3.44. The van der Waals surface area contributed by atoms with Gasteiger partial charge in [0, 0.05) is 37.1 Å². The molecule has 0 unspecified atom stereocenters. The van der Waals surface area contributed by atoms with Crippen molar-refractivity contribution in [3.63, 3.8) is 0 Å². The second-order valence-electron chi connectivity index (χ2n) is 7.24. The molecule has 0 radical (unpaired) electrons. The minimum Gasteiger partial charge on any atom is -0.497 e. The van der Waals surface area contributed by atoms with E-state index in [0.717, 1.165) is 47.8 Å². The zero-order valence-corrected chi connectivity index (χ0v) is 18.6. The van der Waals surface area contributed by atoms with Crippen molar-refractivity contribution >= 4 is 17.7 Å². The minimum atomic E-state index is -0.0231. The van der Waals surface area contributed by atoms with Crippen molar-refractivity contribution < 1.29 is 14.3 Å². The van der Waals surface area contributed by atoms with E-state index in [2.05, 4.69) is 15.2 Å². The van der Waals surface area contributed by atoms with Gasteiger partial charge in [-0.1, -0.05) is 11.8 Å². The topological polar surface area (TPSA) is 82.4 Å². The maximum atomic E-state index is 13.1. The minimum absolute atomic E-state index is 0.0231. The highest BCUT2D eigenvalue weighted by Gasteiger charge is 2.32. The largest absolute Gasteiger partial charge is 0.497 e. The molecule has 1 aliphatic heterocycles. The molecule has 0 saturated carbocycles. The lowest BCUT2D eigenvalue weighted by molar-refractivity contribution is -0.129. The van der Waals surface area contributed by atoms with Crippen molar-refractivity contribution in [3.8, 4) is 22.9 Å². The van der Waals surface area contributed by atoms with Gasteiger partial charge >= 0.3 is 0 Å². The number of likely N-dealkylation sites (tertiary alicyclic amines) is 1. The molecule has 0 aliphatic carbocycles. The third-order valence-electron chi connectivity index (χ3n) is 5.47. The van der Waals surface area contributed by atoms with Crippen molar-refractivity contribution in [2.45, 2.75) is 24.0 Å². The predicted molar refractivity (Wildman–Crippen MR) is 118 cm³/mol. The number of amides is 1. The van der Waals surface area contributed by atoms with Crippen LogP contribution in [0.2, 0.25) is 0 Å². The Kier molecular flexibility index (Phi) is 6.41. The molecule has 8 nitrogen and oxygen atoms in total. The van der Waals surface area contributed by atoms with Crippen LogP contribution < -0.4 is 9.47 Å². The lowest BCUT2D eigenvalue weighted by Crippen LogP contribution is -2.32. The number of methoxy groups -OCH3 is 2. The van der Waals surface area contributed by atoms with Crippen LogP contribution in [0.4, 0.5) is 0 Å². The second kappa shape index (κ2) is 9.38. The number of thioether (sulfide) groups is 1. The zero-order valence-electron chi connectivity index (χ0n) is 17.8. The van der Waals surface area contributed by atoms with Crippen molar-refractivity contribution in [1.82, 2.24) is 24.6 Å². The van der Waals surface area contributed by atoms with Crippen LogP contribution in [0.15, 0.2) is 47.9 Å². The summed E-state index contributed by atoms with van der Waals surface area (Å²) in [4.78, 5) is 19.1. The average molecular weight is 440 g/mol. The number of pyridine rings is 1. The monoisotopic (exact) mass is 439 g/mol. The Hall–Kier alpha value is -3.07. The molecule has 3 aromatic rings. The van der Waals surface area contributed by atoms with Gasteiger partial charge in [0.2, 0.25) is 5.91 Å². The number of aromatic nitrogens is 4. The molecule has 1 fully saturated rings. The van der Waals surface area contributed by atoms with Crippen LogP contribution in [0.25, 0.3) is 11.4 Å². The molecule has 9 heteroatoms. The first-order valence-corrected chi connectivity index (χ1v) is 11.0. The van der Waals surface area contributed by atoms with Crippen LogP contribution in [-0.2, 0) is 11.8 Å². The van der Waals surface area contributed by atoms with E-state index in [9.17, 15) is 4.79 Å². The standard InChI is InChI=1S/C22H25N5O3S/c1-26-21(15-8-10-23-11-9-15)24-25-22(26)31-14-20(28)27-12-4-5-18(27)17-13-16(29-2)6-7-19(17)30-3/h6-11,13,18H,4-5,12,14H2,1-3H3/t18-/m0/s1.